The van der Waals surface area contributed by atoms with Crippen LogP contribution in [0.4, 0.5) is 9.93 Å². The van der Waals surface area contributed by atoms with Crippen LogP contribution in [0.25, 0.3) is 11.1 Å². The van der Waals surface area contributed by atoms with Gasteiger partial charge < -0.3 is 9.84 Å². The third-order valence-corrected chi connectivity index (χ3v) is 5.98. The first-order chi connectivity index (χ1) is 15.9. The van der Waals surface area contributed by atoms with Gasteiger partial charge in [-0.25, -0.2) is 19.6 Å². The van der Waals surface area contributed by atoms with Gasteiger partial charge in [0.05, 0.1) is 12.1 Å². The monoisotopic (exact) mass is 467 g/mol. The molecule has 0 aliphatic heterocycles. The summed E-state index contributed by atoms with van der Waals surface area (Å²) in [6.45, 7) is -0.434. The first kappa shape index (κ1) is 22.4. The zero-order valence-corrected chi connectivity index (χ0v) is 18.5. The van der Waals surface area contributed by atoms with Crippen LogP contribution in [0.5, 0.6) is 0 Å². The number of aliphatic carboxylic acids is 1. The summed E-state index contributed by atoms with van der Waals surface area (Å²) in [7, 11) is 1.33. The Morgan fingerprint density at radius 1 is 1.09 bits per heavy atom. The van der Waals surface area contributed by atoms with Crippen LogP contribution in [0.2, 0.25) is 0 Å². The SMILES string of the molecule is CN(OCC(=O)O)C(=O)Cc1csc(NC(=O)OCC2c3ccccc3-c3ccccc32)n1. The predicted molar refractivity (Wildman–Crippen MR) is 121 cm³/mol. The number of anilines is 1. The van der Waals surface area contributed by atoms with Crippen molar-refractivity contribution in [2.45, 2.75) is 12.3 Å². The Morgan fingerprint density at radius 2 is 1.73 bits per heavy atom. The van der Waals surface area contributed by atoms with Crippen molar-refractivity contribution < 1.29 is 29.1 Å². The summed E-state index contributed by atoms with van der Waals surface area (Å²) < 4.78 is 5.49. The van der Waals surface area contributed by atoms with Gasteiger partial charge in [-0.05, 0) is 22.3 Å². The molecule has 0 saturated carbocycles. The number of hydrogen-bond acceptors (Lipinski definition) is 7. The molecule has 33 heavy (non-hydrogen) atoms. The van der Waals surface area contributed by atoms with Gasteiger partial charge in [-0.15, -0.1) is 11.3 Å². The van der Waals surface area contributed by atoms with E-state index in [1.165, 1.54) is 7.05 Å². The number of fused-ring (bicyclic) bond motifs is 3. The molecule has 1 heterocycles. The van der Waals surface area contributed by atoms with Crippen LogP contribution in [0.15, 0.2) is 53.9 Å². The number of carboxylic acids is 1. The number of ether oxygens (including phenoxy) is 1. The number of carboxylic acid groups (broad SMARTS) is 1. The molecule has 0 spiro atoms. The summed E-state index contributed by atoms with van der Waals surface area (Å²) in [6, 6.07) is 16.2. The number of amides is 2. The largest absolute Gasteiger partial charge is 0.479 e. The molecule has 0 radical (unpaired) electrons. The maximum atomic E-state index is 12.4. The Labute approximate surface area is 193 Å². The molecule has 1 aliphatic rings. The number of carbonyl (C=O) groups is 3. The lowest BCUT2D eigenvalue weighted by Crippen LogP contribution is -2.30. The normalized spacial score (nSPS) is 12.0. The first-order valence-corrected chi connectivity index (χ1v) is 11.0. The second kappa shape index (κ2) is 9.80. The quantitative estimate of drug-likeness (QED) is 0.487. The number of nitrogens with zero attached hydrogens (tertiary/aromatic N) is 2. The van der Waals surface area contributed by atoms with Crippen molar-refractivity contribution >= 4 is 34.4 Å². The Kier molecular flexibility index (Phi) is 6.66. The number of benzene rings is 2. The van der Waals surface area contributed by atoms with Crippen LogP contribution in [-0.4, -0.2) is 53.4 Å². The summed E-state index contributed by atoms with van der Waals surface area (Å²) in [6.07, 6.45) is -0.732. The topological polar surface area (TPSA) is 118 Å². The van der Waals surface area contributed by atoms with E-state index in [1.54, 1.807) is 5.38 Å². The number of carbonyl (C=O) groups excluding carboxylic acids is 2. The molecule has 0 bridgehead atoms. The van der Waals surface area contributed by atoms with Crippen molar-refractivity contribution in [2.75, 3.05) is 25.6 Å². The number of hydroxylamine groups is 2. The Hall–Kier alpha value is -3.76. The fourth-order valence-electron chi connectivity index (χ4n) is 3.66. The van der Waals surface area contributed by atoms with Gasteiger partial charge in [0, 0.05) is 18.3 Å². The van der Waals surface area contributed by atoms with Crippen molar-refractivity contribution in [3.63, 3.8) is 0 Å². The number of rotatable bonds is 8. The lowest BCUT2D eigenvalue weighted by Gasteiger charge is -2.14. The lowest BCUT2D eigenvalue weighted by molar-refractivity contribution is -0.185. The van der Waals surface area contributed by atoms with E-state index >= 15 is 0 Å². The van der Waals surface area contributed by atoms with Crippen LogP contribution >= 0.6 is 11.3 Å². The van der Waals surface area contributed by atoms with E-state index in [0.717, 1.165) is 38.7 Å². The summed E-state index contributed by atoms with van der Waals surface area (Å²) in [5.74, 6) is -1.69. The highest BCUT2D eigenvalue weighted by molar-refractivity contribution is 7.13. The summed E-state index contributed by atoms with van der Waals surface area (Å²) in [5, 5.41) is 14.0. The molecule has 0 saturated heterocycles. The van der Waals surface area contributed by atoms with E-state index in [4.69, 9.17) is 14.7 Å². The van der Waals surface area contributed by atoms with Gasteiger partial charge in [-0.3, -0.25) is 14.9 Å². The molecule has 1 aromatic heterocycles. The van der Waals surface area contributed by atoms with Crippen molar-refractivity contribution in [2.24, 2.45) is 0 Å². The minimum Gasteiger partial charge on any atom is -0.479 e. The second-order valence-electron chi connectivity index (χ2n) is 7.33. The number of nitrogens with one attached hydrogen (secondary N) is 1. The molecule has 0 fully saturated rings. The average molecular weight is 468 g/mol. The highest BCUT2D eigenvalue weighted by Gasteiger charge is 2.29. The van der Waals surface area contributed by atoms with E-state index < -0.39 is 24.6 Å². The molecule has 2 aromatic carbocycles. The molecule has 9 nitrogen and oxygen atoms in total. The van der Waals surface area contributed by atoms with Gasteiger partial charge in [0.1, 0.15) is 6.61 Å². The van der Waals surface area contributed by atoms with Crippen LogP contribution in [0.3, 0.4) is 0 Å². The standard InChI is InChI=1S/C23H21N3O6S/c1-26(32-12-21(28)29)20(27)10-14-13-33-22(24-14)25-23(30)31-11-19-17-8-4-2-6-15(17)16-7-3-5-9-18(16)19/h2-9,13,19H,10-12H2,1H3,(H,28,29)(H,24,25,30). The molecule has 3 aromatic rings. The van der Waals surface area contributed by atoms with Gasteiger partial charge in [0.2, 0.25) is 0 Å². The van der Waals surface area contributed by atoms with Gasteiger partial charge in [0.25, 0.3) is 5.91 Å². The first-order valence-electron chi connectivity index (χ1n) is 10.1. The van der Waals surface area contributed by atoms with Crippen molar-refractivity contribution in [1.82, 2.24) is 10.0 Å². The minimum atomic E-state index is -1.18. The fraction of sp³-hybridized carbons (Fsp3) is 0.217. The van der Waals surface area contributed by atoms with Crippen LogP contribution in [0.1, 0.15) is 22.7 Å². The van der Waals surface area contributed by atoms with Gasteiger partial charge in [0.15, 0.2) is 11.7 Å². The maximum Gasteiger partial charge on any atom is 0.413 e. The van der Waals surface area contributed by atoms with Gasteiger partial charge >= 0.3 is 12.1 Å². The third-order valence-electron chi connectivity index (χ3n) is 5.17. The molecule has 10 heteroatoms. The minimum absolute atomic E-state index is 0.0473. The molecule has 170 valence electrons. The van der Waals surface area contributed by atoms with E-state index in [1.807, 2.05) is 36.4 Å². The highest BCUT2D eigenvalue weighted by Crippen LogP contribution is 2.44. The number of likely N-dealkylation sites (N-methyl/N-ethyl adjacent to an activating group) is 1. The number of hydrogen-bond donors (Lipinski definition) is 2. The van der Waals surface area contributed by atoms with Crippen LogP contribution in [-0.2, 0) is 25.6 Å². The zero-order chi connectivity index (χ0) is 23.4. The molecule has 4 rings (SSSR count). The summed E-state index contributed by atoms with van der Waals surface area (Å²) >= 11 is 1.16. The van der Waals surface area contributed by atoms with E-state index in [0.29, 0.717) is 10.8 Å². The number of aromatic nitrogens is 1. The Bertz CT molecular complexity index is 1150. The molecule has 0 unspecified atom stereocenters. The Morgan fingerprint density at radius 3 is 2.36 bits per heavy atom. The van der Waals surface area contributed by atoms with Gasteiger partial charge in [-0.1, -0.05) is 48.5 Å². The third kappa shape index (κ3) is 5.18. The van der Waals surface area contributed by atoms with E-state index in [9.17, 15) is 14.4 Å². The van der Waals surface area contributed by atoms with Crippen molar-refractivity contribution in [3.8, 4) is 11.1 Å². The average Bonchev–Trinajstić information content (AvgIpc) is 3.37. The summed E-state index contributed by atoms with van der Waals surface area (Å²) in [5.41, 5.74) is 4.96. The fourth-order valence-corrected chi connectivity index (χ4v) is 4.35. The number of thiazole rings is 1. The smallest absolute Gasteiger partial charge is 0.413 e. The van der Waals surface area contributed by atoms with Crippen molar-refractivity contribution in [3.05, 3.63) is 70.7 Å². The zero-order valence-electron chi connectivity index (χ0n) is 17.7. The molecule has 0 atom stereocenters. The molecule has 2 amide bonds. The Balaban J connectivity index is 1.32. The lowest BCUT2D eigenvalue weighted by atomic mass is 9.98. The van der Waals surface area contributed by atoms with Gasteiger partial charge in [-0.2, -0.15) is 0 Å². The molecular formula is C23H21N3O6S. The van der Waals surface area contributed by atoms with Crippen LogP contribution < -0.4 is 5.32 Å². The van der Waals surface area contributed by atoms with Crippen LogP contribution in [0, 0.1) is 0 Å². The summed E-state index contributed by atoms with van der Waals surface area (Å²) in [4.78, 5) is 44.0. The predicted octanol–water partition coefficient (Wildman–Crippen LogP) is 3.52. The molecule has 1 aliphatic carbocycles. The molecular weight excluding hydrogens is 446 g/mol. The second-order valence-corrected chi connectivity index (χ2v) is 8.19. The maximum absolute atomic E-state index is 12.4. The van der Waals surface area contributed by atoms with E-state index in [2.05, 4.69) is 22.4 Å². The van der Waals surface area contributed by atoms with Crippen molar-refractivity contribution in [1.29, 1.82) is 0 Å². The molecule has 2 N–H and O–H groups in total. The van der Waals surface area contributed by atoms with E-state index in [-0.39, 0.29) is 18.9 Å². The highest BCUT2D eigenvalue weighted by atomic mass is 32.1.